The molecule has 2 amide bonds. The molecule has 1 aliphatic heterocycles. The zero-order valence-electron chi connectivity index (χ0n) is 17.1. The van der Waals surface area contributed by atoms with Gasteiger partial charge in [-0.1, -0.05) is 12.1 Å². The molecule has 1 saturated carbocycles. The summed E-state index contributed by atoms with van der Waals surface area (Å²) >= 11 is 0. The predicted octanol–water partition coefficient (Wildman–Crippen LogP) is 2.82. The van der Waals surface area contributed by atoms with E-state index in [9.17, 15) is 22.4 Å². The molecule has 9 heteroatoms. The lowest BCUT2D eigenvalue weighted by molar-refractivity contribution is -0.120. The summed E-state index contributed by atoms with van der Waals surface area (Å²) < 4.78 is 41.3. The van der Waals surface area contributed by atoms with Gasteiger partial charge in [0.15, 0.2) is 0 Å². The third-order valence-corrected chi connectivity index (χ3v) is 6.99. The number of hydrogen-bond acceptors (Lipinski definition) is 4. The Morgan fingerprint density at radius 3 is 2.61 bits per heavy atom. The molecule has 1 heterocycles. The summed E-state index contributed by atoms with van der Waals surface area (Å²) in [4.78, 5) is 26.4. The second kappa shape index (κ2) is 8.39. The second-order valence-corrected chi connectivity index (χ2v) is 9.77. The number of para-hydroxylation sites is 1. The van der Waals surface area contributed by atoms with E-state index < -0.39 is 21.7 Å². The molecule has 0 radical (unpaired) electrons. The first-order chi connectivity index (χ1) is 14.8. The maximum atomic E-state index is 13.6. The molecule has 0 aromatic heterocycles. The van der Waals surface area contributed by atoms with Crippen LogP contribution in [0, 0.1) is 11.7 Å². The summed E-state index contributed by atoms with van der Waals surface area (Å²) in [5, 5.41) is 2.42. The number of fused-ring (bicyclic) bond motifs is 1. The molecular weight excluding hydrogens is 421 g/mol. The number of carbonyl (C=O) groups is 2. The Labute approximate surface area is 180 Å². The molecule has 1 atom stereocenters. The van der Waals surface area contributed by atoms with Gasteiger partial charge in [-0.05, 0) is 62.1 Å². The van der Waals surface area contributed by atoms with Crippen molar-refractivity contribution in [1.29, 1.82) is 0 Å². The van der Waals surface area contributed by atoms with Crippen molar-refractivity contribution < 1.29 is 22.4 Å². The number of nitrogens with zero attached hydrogens (tertiary/aromatic N) is 1. The van der Waals surface area contributed by atoms with Crippen LogP contribution >= 0.6 is 0 Å². The molecule has 1 aliphatic carbocycles. The molecule has 2 aliphatic rings. The Bertz CT molecular complexity index is 1130. The smallest absolute Gasteiger partial charge is 0.240 e. The molecule has 1 fully saturated rings. The van der Waals surface area contributed by atoms with Gasteiger partial charge in [0.1, 0.15) is 5.82 Å². The minimum absolute atomic E-state index is 0.00362. The summed E-state index contributed by atoms with van der Waals surface area (Å²) in [5.74, 6) is -0.849. The fourth-order valence-electron chi connectivity index (χ4n) is 3.79. The SMILES string of the molecule is CC1Cc2cc(S(=O)(=O)NCCC(=O)Nc3ccccc3F)ccc2N1C(=O)C1CC1. The number of hydrogen-bond donors (Lipinski definition) is 2. The van der Waals surface area contributed by atoms with E-state index in [4.69, 9.17) is 0 Å². The third-order valence-electron chi connectivity index (χ3n) is 5.53. The van der Waals surface area contributed by atoms with Crippen LogP contribution in [0.2, 0.25) is 0 Å². The van der Waals surface area contributed by atoms with Crippen LogP contribution < -0.4 is 14.9 Å². The maximum Gasteiger partial charge on any atom is 0.240 e. The van der Waals surface area contributed by atoms with Crippen LogP contribution in [0.4, 0.5) is 15.8 Å². The summed E-state index contributed by atoms with van der Waals surface area (Å²) in [6.45, 7) is 1.84. The van der Waals surface area contributed by atoms with Crippen LogP contribution in [0.3, 0.4) is 0 Å². The lowest BCUT2D eigenvalue weighted by Gasteiger charge is -2.22. The van der Waals surface area contributed by atoms with E-state index in [0.717, 1.165) is 24.1 Å². The van der Waals surface area contributed by atoms with Crippen molar-refractivity contribution in [2.75, 3.05) is 16.8 Å². The highest BCUT2D eigenvalue weighted by atomic mass is 32.2. The first-order valence-electron chi connectivity index (χ1n) is 10.3. The van der Waals surface area contributed by atoms with Crippen LogP contribution in [-0.4, -0.2) is 32.8 Å². The lowest BCUT2D eigenvalue weighted by Crippen LogP contribution is -2.36. The monoisotopic (exact) mass is 445 g/mol. The highest BCUT2D eigenvalue weighted by Crippen LogP contribution is 2.39. The van der Waals surface area contributed by atoms with Gasteiger partial charge in [0, 0.05) is 30.6 Å². The van der Waals surface area contributed by atoms with Crippen LogP contribution in [0.25, 0.3) is 0 Å². The molecule has 7 nitrogen and oxygen atoms in total. The van der Waals surface area contributed by atoms with Gasteiger partial charge in [0.2, 0.25) is 21.8 Å². The van der Waals surface area contributed by atoms with Crippen molar-refractivity contribution in [3.8, 4) is 0 Å². The van der Waals surface area contributed by atoms with Crippen molar-refractivity contribution in [2.45, 2.75) is 43.5 Å². The zero-order chi connectivity index (χ0) is 22.2. The largest absolute Gasteiger partial charge is 0.324 e. The number of benzene rings is 2. The average Bonchev–Trinajstić information content (AvgIpc) is 3.51. The van der Waals surface area contributed by atoms with Crippen molar-refractivity contribution >= 4 is 33.2 Å². The quantitative estimate of drug-likeness (QED) is 0.685. The molecule has 2 aromatic rings. The van der Waals surface area contributed by atoms with Crippen LogP contribution in [0.5, 0.6) is 0 Å². The van der Waals surface area contributed by atoms with Gasteiger partial charge >= 0.3 is 0 Å². The third kappa shape index (κ3) is 4.62. The normalized spacial score (nSPS) is 18.0. The Balaban J connectivity index is 1.38. The van der Waals surface area contributed by atoms with Gasteiger partial charge in [-0.15, -0.1) is 0 Å². The highest BCUT2D eigenvalue weighted by Gasteiger charge is 2.39. The molecule has 4 rings (SSSR count). The maximum absolute atomic E-state index is 13.6. The van der Waals surface area contributed by atoms with Gasteiger partial charge in [0.25, 0.3) is 0 Å². The number of amides is 2. The van der Waals surface area contributed by atoms with Crippen molar-refractivity contribution in [2.24, 2.45) is 5.92 Å². The summed E-state index contributed by atoms with van der Waals surface area (Å²) in [5.41, 5.74) is 1.64. The van der Waals surface area contributed by atoms with Crippen molar-refractivity contribution in [3.63, 3.8) is 0 Å². The number of anilines is 2. The molecule has 31 heavy (non-hydrogen) atoms. The minimum atomic E-state index is -3.83. The van der Waals surface area contributed by atoms with Crippen molar-refractivity contribution in [3.05, 3.63) is 53.8 Å². The zero-order valence-corrected chi connectivity index (χ0v) is 17.9. The van der Waals surface area contributed by atoms with E-state index in [1.807, 2.05) is 6.92 Å². The van der Waals surface area contributed by atoms with Gasteiger partial charge in [-0.2, -0.15) is 0 Å². The number of rotatable bonds is 7. The van der Waals surface area contributed by atoms with E-state index in [1.165, 1.54) is 24.3 Å². The van der Waals surface area contributed by atoms with Crippen molar-refractivity contribution in [1.82, 2.24) is 4.72 Å². The standard InChI is InChI=1S/C22H24FN3O4S/c1-14-12-16-13-17(8-9-20(16)26(14)22(28)15-6-7-15)31(29,30)24-11-10-21(27)25-19-5-3-2-4-18(19)23/h2-5,8-9,13-15,24H,6-7,10-12H2,1H3,(H,25,27). The number of carbonyl (C=O) groups excluding carboxylic acids is 2. The van der Waals surface area contributed by atoms with E-state index in [1.54, 1.807) is 23.1 Å². The average molecular weight is 446 g/mol. The van der Waals surface area contributed by atoms with Gasteiger partial charge in [-0.3, -0.25) is 9.59 Å². The molecule has 1 unspecified atom stereocenters. The Hall–Kier alpha value is -2.78. The first kappa shape index (κ1) is 21.5. The Kier molecular flexibility index (Phi) is 5.81. The molecule has 2 N–H and O–H groups in total. The summed E-state index contributed by atoms with van der Waals surface area (Å²) in [6, 6.07) is 10.5. The van der Waals surface area contributed by atoms with Crippen LogP contribution in [0.1, 0.15) is 31.7 Å². The molecular formula is C22H24FN3O4S. The fourth-order valence-corrected chi connectivity index (χ4v) is 4.88. The van der Waals surface area contributed by atoms with E-state index >= 15 is 0 Å². The highest BCUT2D eigenvalue weighted by molar-refractivity contribution is 7.89. The van der Waals surface area contributed by atoms with E-state index in [0.29, 0.717) is 6.42 Å². The van der Waals surface area contributed by atoms with E-state index in [2.05, 4.69) is 10.0 Å². The first-order valence-corrected chi connectivity index (χ1v) is 11.7. The van der Waals surface area contributed by atoms with Gasteiger partial charge in [-0.25, -0.2) is 17.5 Å². The Morgan fingerprint density at radius 2 is 1.90 bits per heavy atom. The summed E-state index contributed by atoms with van der Waals surface area (Å²) in [7, 11) is -3.83. The molecule has 164 valence electrons. The van der Waals surface area contributed by atoms with E-state index in [-0.39, 0.29) is 41.4 Å². The predicted molar refractivity (Wildman–Crippen MR) is 115 cm³/mol. The molecule has 0 saturated heterocycles. The van der Waals surface area contributed by atoms with Crippen LogP contribution in [0.15, 0.2) is 47.4 Å². The fraction of sp³-hybridized carbons (Fsp3) is 0.364. The minimum Gasteiger partial charge on any atom is -0.324 e. The number of halogens is 1. The number of sulfonamides is 1. The van der Waals surface area contributed by atoms with Crippen LogP contribution in [-0.2, 0) is 26.0 Å². The summed E-state index contributed by atoms with van der Waals surface area (Å²) in [6.07, 6.45) is 2.29. The second-order valence-electron chi connectivity index (χ2n) is 8.00. The number of nitrogens with one attached hydrogen (secondary N) is 2. The lowest BCUT2D eigenvalue weighted by atomic mass is 10.1. The van der Waals surface area contributed by atoms with Gasteiger partial charge < -0.3 is 10.2 Å². The molecule has 0 bridgehead atoms. The molecule has 0 spiro atoms. The Morgan fingerprint density at radius 1 is 1.16 bits per heavy atom. The molecule has 2 aromatic carbocycles. The topological polar surface area (TPSA) is 95.6 Å². The van der Waals surface area contributed by atoms with Gasteiger partial charge in [0.05, 0.1) is 10.6 Å².